The van der Waals surface area contributed by atoms with Gasteiger partial charge in [0.15, 0.2) is 5.82 Å². The molecule has 1 atom stereocenters. The van der Waals surface area contributed by atoms with E-state index in [0.29, 0.717) is 5.88 Å². The molecule has 2 rings (SSSR count). The topological polar surface area (TPSA) is 37.8 Å². The first kappa shape index (κ1) is 13.1. The fourth-order valence-electron chi connectivity index (χ4n) is 1.83. The number of hydrogen-bond acceptors (Lipinski definition) is 3. The molecule has 0 amide bonds. The van der Waals surface area contributed by atoms with Gasteiger partial charge in [0.05, 0.1) is 5.69 Å². The molecule has 2 aromatic rings. The third-order valence-electron chi connectivity index (χ3n) is 3.37. The molecule has 0 spiro atoms. The van der Waals surface area contributed by atoms with Gasteiger partial charge in [0.25, 0.3) is 0 Å². The van der Waals surface area contributed by atoms with E-state index in [1.54, 1.807) is 0 Å². The van der Waals surface area contributed by atoms with Crippen LogP contribution in [-0.4, -0.2) is 21.6 Å². The average molecular weight is 264 g/mol. The van der Waals surface area contributed by atoms with Crippen LogP contribution in [0.3, 0.4) is 0 Å². The number of anilines is 1. The van der Waals surface area contributed by atoms with Crippen LogP contribution in [-0.2, 0) is 0 Å². The number of hydrogen-bond donors (Lipinski definition) is 1. The second-order valence-corrected chi connectivity index (χ2v) is 5.12. The summed E-state index contributed by atoms with van der Waals surface area (Å²) in [6.45, 7) is 6.18. The zero-order valence-corrected chi connectivity index (χ0v) is 11.8. The van der Waals surface area contributed by atoms with Crippen molar-refractivity contribution >= 4 is 28.2 Å². The van der Waals surface area contributed by atoms with Gasteiger partial charge in [-0.3, -0.25) is 0 Å². The highest BCUT2D eigenvalue weighted by atomic mass is 35.5. The minimum Gasteiger partial charge on any atom is -0.362 e. The average Bonchev–Trinajstić information content (AvgIpc) is 2.42. The molecule has 0 aliphatic rings. The summed E-state index contributed by atoms with van der Waals surface area (Å²) >= 11 is 6.03. The molecule has 1 aromatic heterocycles. The van der Waals surface area contributed by atoms with Gasteiger partial charge in [-0.15, -0.1) is 16.7 Å². The van der Waals surface area contributed by atoms with E-state index in [-0.39, 0.29) is 5.54 Å². The number of rotatable bonds is 4. The van der Waals surface area contributed by atoms with Crippen molar-refractivity contribution in [2.24, 2.45) is 0 Å². The van der Waals surface area contributed by atoms with Crippen LogP contribution < -0.4 is 5.32 Å². The maximum Gasteiger partial charge on any atom is 0.157 e. The van der Waals surface area contributed by atoms with Crippen molar-refractivity contribution < 1.29 is 0 Å². The van der Waals surface area contributed by atoms with Crippen LogP contribution in [0.5, 0.6) is 0 Å². The number of fused-ring (bicyclic) bond motifs is 1. The number of aromatic nitrogens is 2. The second kappa shape index (κ2) is 5.11. The number of nitrogens with zero attached hydrogens (tertiary/aromatic N) is 2. The summed E-state index contributed by atoms with van der Waals surface area (Å²) in [5.41, 5.74) is 0.786. The minimum atomic E-state index is -0.158. The molecule has 0 saturated heterocycles. The number of halogens is 1. The van der Waals surface area contributed by atoms with Crippen LogP contribution in [0.4, 0.5) is 5.82 Å². The summed E-state index contributed by atoms with van der Waals surface area (Å²) in [4.78, 5) is 0. The smallest absolute Gasteiger partial charge is 0.157 e. The van der Waals surface area contributed by atoms with Crippen LogP contribution in [0.25, 0.3) is 10.8 Å². The van der Waals surface area contributed by atoms with Gasteiger partial charge in [-0.2, -0.15) is 5.10 Å². The maximum atomic E-state index is 6.03. The van der Waals surface area contributed by atoms with Crippen LogP contribution >= 0.6 is 11.6 Å². The number of aryl methyl sites for hydroxylation is 1. The standard InChI is InChI=1S/C14H18ClN3/c1-4-14(3,9-15)16-13-12-8-6-5-7-11(12)10(2)17-18-13/h5-8H,4,9H2,1-3H3,(H,16,18). The molecule has 1 aromatic carbocycles. The van der Waals surface area contributed by atoms with E-state index in [9.17, 15) is 0 Å². The predicted molar refractivity (Wildman–Crippen MR) is 77.3 cm³/mol. The third kappa shape index (κ3) is 2.41. The molecule has 0 bridgehead atoms. The number of alkyl halides is 1. The first-order chi connectivity index (χ1) is 8.59. The summed E-state index contributed by atoms with van der Waals surface area (Å²) in [6.07, 6.45) is 0.931. The molecule has 3 nitrogen and oxygen atoms in total. The van der Waals surface area contributed by atoms with E-state index >= 15 is 0 Å². The second-order valence-electron chi connectivity index (χ2n) is 4.85. The van der Waals surface area contributed by atoms with Gasteiger partial charge < -0.3 is 5.32 Å². The molecule has 1 unspecified atom stereocenters. The highest BCUT2D eigenvalue weighted by Gasteiger charge is 2.22. The number of benzene rings is 1. The number of nitrogens with one attached hydrogen (secondary N) is 1. The van der Waals surface area contributed by atoms with Crippen LogP contribution in [0, 0.1) is 6.92 Å². The van der Waals surface area contributed by atoms with Crippen LogP contribution in [0.2, 0.25) is 0 Å². The Morgan fingerprint density at radius 2 is 1.89 bits per heavy atom. The lowest BCUT2D eigenvalue weighted by Crippen LogP contribution is -2.36. The molecule has 18 heavy (non-hydrogen) atoms. The van der Waals surface area contributed by atoms with Crippen molar-refractivity contribution in [3.8, 4) is 0 Å². The molecular formula is C14H18ClN3. The fourth-order valence-corrected chi connectivity index (χ4v) is 2.09. The van der Waals surface area contributed by atoms with Gasteiger partial charge in [0, 0.05) is 22.2 Å². The third-order valence-corrected chi connectivity index (χ3v) is 3.96. The summed E-state index contributed by atoms with van der Waals surface area (Å²) in [7, 11) is 0. The van der Waals surface area contributed by atoms with Crippen LogP contribution in [0.15, 0.2) is 24.3 Å². The SMILES string of the molecule is CCC(C)(CCl)Nc1nnc(C)c2ccccc12. The first-order valence-corrected chi connectivity index (χ1v) is 6.69. The van der Waals surface area contributed by atoms with E-state index < -0.39 is 0 Å². The predicted octanol–water partition coefficient (Wildman–Crippen LogP) is 3.76. The summed E-state index contributed by atoms with van der Waals surface area (Å²) in [5, 5.41) is 14.1. The first-order valence-electron chi connectivity index (χ1n) is 6.16. The van der Waals surface area contributed by atoms with E-state index in [0.717, 1.165) is 28.7 Å². The molecule has 0 saturated carbocycles. The molecule has 96 valence electrons. The Morgan fingerprint density at radius 1 is 1.22 bits per heavy atom. The Kier molecular flexibility index (Phi) is 3.71. The van der Waals surface area contributed by atoms with Gasteiger partial charge >= 0.3 is 0 Å². The largest absolute Gasteiger partial charge is 0.362 e. The molecule has 0 radical (unpaired) electrons. The zero-order valence-electron chi connectivity index (χ0n) is 11.0. The van der Waals surface area contributed by atoms with Gasteiger partial charge in [-0.1, -0.05) is 31.2 Å². The Morgan fingerprint density at radius 3 is 2.50 bits per heavy atom. The van der Waals surface area contributed by atoms with Crippen molar-refractivity contribution in [1.82, 2.24) is 10.2 Å². The highest BCUT2D eigenvalue weighted by Crippen LogP contribution is 2.26. The van der Waals surface area contributed by atoms with Crippen molar-refractivity contribution in [1.29, 1.82) is 0 Å². The summed E-state index contributed by atoms with van der Waals surface area (Å²) < 4.78 is 0. The van der Waals surface area contributed by atoms with Gasteiger partial charge in [0.2, 0.25) is 0 Å². The molecule has 0 fully saturated rings. The van der Waals surface area contributed by atoms with Gasteiger partial charge in [0.1, 0.15) is 0 Å². The lowest BCUT2D eigenvalue weighted by Gasteiger charge is -2.28. The maximum absolute atomic E-state index is 6.03. The van der Waals surface area contributed by atoms with Crippen molar-refractivity contribution in [2.45, 2.75) is 32.7 Å². The highest BCUT2D eigenvalue weighted by molar-refractivity contribution is 6.18. The fraction of sp³-hybridized carbons (Fsp3) is 0.429. The van der Waals surface area contributed by atoms with E-state index in [1.165, 1.54) is 0 Å². The summed E-state index contributed by atoms with van der Waals surface area (Å²) in [5.74, 6) is 1.34. The lowest BCUT2D eigenvalue weighted by molar-refractivity contribution is 0.551. The van der Waals surface area contributed by atoms with Crippen molar-refractivity contribution in [3.05, 3.63) is 30.0 Å². The van der Waals surface area contributed by atoms with E-state index in [2.05, 4.69) is 41.5 Å². The Balaban J connectivity index is 2.49. The van der Waals surface area contributed by atoms with Crippen molar-refractivity contribution in [3.63, 3.8) is 0 Å². The van der Waals surface area contributed by atoms with Gasteiger partial charge in [-0.25, -0.2) is 0 Å². The normalized spacial score (nSPS) is 14.4. The molecule has 0 aliphatic carbocycles. The molecular weight excluding hydrogens is 246 g/mol. The molecule has 1 N–H and O–H groups in total. The molecule has 4 heteroatoms. The van der Waals surface area contributed by atoms with E-state index in [1.807, 2.05) is 19.1 Å². The van der Waals surface area contributed by atoms with Crippen LogP contribution in [0.1, 0.15) is 26.0 Å². The van der Waals surface area contributed by atoms with Gasteiger partial charge in [-0.05, 0) is 20.3 Å². The lowest BCUT2D eigenvalue weighted by atomic mass is 10.0. The summed E-state index contributed by atoms with van der Waals surface area (Å²) in [6, 6.07) is 8.15. The Hall–Kier alpha value is -1.35. The molecule has 1 heterocycles. The minimum absolute atomic E-state index is 0.158. The Bertz CT molecular complexity index is 550. The molecule has 0 aliphatic heterocycles. The quantitative estimate of drug-likeness (QED) is 0.854. The monoisotopic (exact) mass is 263 g/mol. The Labute approximate surface area is 113 Å². The van der Waals surface area contributed by atoms with E-state index in [4.69, 9.17) is 11.6 Å². The zero-order chi connectivity index (χ0) is 13.2. The van der Waals surface area contributed by atoms with Crippen molar-refractivity contribution in [2.75, 3.05) is 11.2 Å².